The molecule has 0 spiro atoms. The normalized spacial score (nSPS) is 20.2. The molecule has 1 saturated heterocycles. The number of carbonyl (C=O) groups is 1. The zero-order chi connectivity index (χ0) is 18.0. The van der Waals surface area contributed by atoms with Crippen molar-refractivity contribution in [3.8, 4) is 0 Å². The average molecular weight is 344 g/mol. The van der Waals surface area contributed by atoms with E-state index in [-0.39, 0.29) is 24.2 Å². The summed E-state index contributed by atoms with van der Waals surface area (Å²) < 4.78 is 1.34. The van der Waals surface area contributed by atoms with Gasteiger partial charge in [-0.2, -0.15) is 0 Å². The summed E-state index contributed by atoms with van der Waals surface area (Å²) in [6.07, 6.45) is 1.47. The molecule has 1 aromatic heterocycles. The number of H-pyrrole nitrogens is 1. The molecule has 2 unspecified atom stereocenters. The Morgan fingerprint density at radius 3 is 2.56 bits per heavy atom. The predicted octanol–water partition coefficient (Wildman–Crippen LogP) is 0.456. The van der Waals surface area contributed by atoms with E-state index in [2.05, 4.69) is 17.2 Å². The SMILES string of the molecule is CC1CN(C(=O)c2c[nH]c(=O)n2C)CC1NCc1ccc(CO)cc1. The highest BCUT2D eigenvalue weighted by atomic mass is 16.3. The van der Waals surface area contributed by atoms with Crippen LogP contribution in [0, 0.1) is 5.92 Å². The van der Waals surface area contributed by atoms with Gasteiger partial charge in [0, 0.05) is 38.9 Å². The molecule has 1 fully saturated rings. The second kappa shape index (κ2) is 7.25. The van der Waals surface area contributed by atoms with Crippen LogP contribution in [0.25, 0.3) is 0 Å². The van der Waals surface area contributed by atoms with E-state index in [9.17, 15) is 9.59 Å². The number of imidazole rings is 1. The number of carbonyl (C=O) groups excluding carboxylic acids is 1. The summed E-state index contributed by atoms with van der Waals surface area (Å²) in [4.78, 5) is 28.5. The zero-order valence-electron chi connectivity index (χ0n) is 14.5. The van der Waals surface area contributed by atoms with Gasteiger partial charge in [-0.15, -0.1) is 0 Å². The topological polar surface area (TPSA) is 90.4 Å². The molecular weight excluding hydrogens is 320 g/mol. The number of hydrogen-bond donors (Lipinski definition) is 3. The fourth-order valence-electron chi connectivity index (χ4n) is 3.21. The molecule has 2 atom stereocenters. The molecule has 2 heterocycles. The lowest BCUT2D eigenvalue weighted by atomic mass is 10.1. The molecule has 1 aliphatic heterocycles. The highest BCUT2D eigenvalue weighted by Gasteiger charge is 2.33. The number of likely N-dealkylation sites (tertiary alicyclic amines) is 1. The molecule has 0 aliphatic carbocycles. The number of nitrogens with zero attached hydrogens (tertiary/aromatic N) is 2. The summed E-state index contributed by atoms with van der Waals surface area (Å²) in [5.74, 6) is 0.209. The number of aromatic nitrogens is 2. The molecule has 1 aliphatic rings. The molecule has 1 aromatic carbocycles. The van der Waals surface area contributed by atoms with Gasteiger partial charge in [0.2, 0.25) is 0 Å². The second-order valence-corrected chi connectivity index (χ2v) is 6.69. The highest BCUT2D eigenvalue weighted by molar-refractivity contribution is 5.92. The van der Waals surface area contributed by atoms with Crippen molar-refractivity contribution in [1.29, 1.82) is 0 Å². The molecule has 0 bridgehead atoms. The van der Waals surface area contributed by atoms with E-state index in [0.29, 0.717) is 31.2 Å². The van der Waals surface area contributed by atoms with E-state index in [4.69, 9.17) is 5.11 Å². The van der Waals surface area contributed by atoms with Crippen molar-refractivity contribution in [3.63, 3.8) is 0 Å². The first kappa shape index (κ1) is 17.4. The van der Waals surface area contributed by atoms with E-state index in [0.717, 1.165) is 11.1 Å². The molecule has 0 radical (unpaired) electrons. The number of aliphatic hydroxyl groups excluding tert-OH is 1. The Kier molecular flexibility index (Phi) is 5.06. The fraction of sp³-hybridized carbons (Fsp3) is 0.444. The Labute approximate surface area is 146 Å². The molecule has 25 heavy (non-hydrogen) atoms. The first-order valence-electron chi connectivity index (χ1n) is 8.45. The maximum atomic E-state index is 12.6. The van der Waals surface area contributed by atoms with E-state index in [1.165, 1.54) is 10.8 Å². The Hall–Kier alpha value is -2.38. The lowest BCUT2D eigenvalue weighted by Crippen LogP contribution is -2.37. The second-order valence-electron chi connectivity index (χ2n) is 6.69. The van der Waals surface area contributed by atoms with Crippen LogP contribution < -0.4 is 11.0 Å². The Balaban J connectivity index is 1.60. The predicted molar refractivity (Wildman–Crippen MR) is 94.1 cm³/mol. The number of rotatable bonds is 5. The van der Waals surface area contributed by atoms with Crippen molar-refractivity contribution < 1.29 is 9.90 Å². The molecule has 0 saturated carbocycles. The van der Waals surface area contributed by atoms with Crippen LogP contribution in [0.15, 0.2) is 35.3 Å². The van der Waals surface area contributed by atoms with Gasteiger partial charge >= 0.3 is 5.69 Å². The van der Waals surface area contributed by atoms with Crippen molar-refractivity contribution in [2.75, 3.05) is 13.1 Å². The monoisotopic (exact) mass is 344 g/mol. The third-order valence-electron chi connectivity index (χ3n) is 4.89. The highest BCUT2D eigenvalue weighted by Crippen LogP contribution is 2.19. The molecule has 1 amide bonds. The number of hydrogen-bond acceptors (Lipinski definition) is 4. The third kappa shape index (κ3) is 3.67. The van der Waals surface area contributed by atoms with Crippen LogP contribution in [0.5, 0.6) is 0 Å². The Bertz CT molecular complexity index is 793. The first-order chi connectivity index (χ1) is 12.0. The van der Waals surface area contributed by atoms with Gasteiger partial charge in [-0.25, -0.2) is 4.79 Å². The third-order valence-corrected chi connectivity index (χ3v) is 4.89. The summed E-state index contributed by atoms with van der Waals surface area (Å²) in [5, 5.41) is 12.6. The molecule has 2 aromatic rings. The smallest absolute Gasteiger partial charge is 0.325 e. The van der Waals surface area contributed by atoms with Crippen LogP contribution in [0.3, 0.4) is 0 Å². The van der Waals surface area contributed by atoms with Gasteiger partial charge in [-0.1, -0.05) is 31.2 Å². The van der Waals surface area contributed by atoms with E-state index in [1.807, 2.05) is 24.3 Å². The summed E-state index contributed by atoms with van der Waals surface area (Å²) in [6, 6.07) is 8.03. The molecule has 134 valence electrons. The number of aromatic amines is 1. The lowest BCUT2D eigenvalue weighted by Gasteiger charge is -2.17. The van der Waals surface area contributed by atoms with Crippen molar-refractivity contribution in [1.82, 2.24) is 19.8 Å². The number of nitrogens with one attached hydrogen (secondary N) is 2. The Morgan fingerprint density at radius 1 is 1.28 bits per heavy atom. The number of aliphatic hydroxyl groups is 1. The summed E-state index contributed by atoms with van der Waals surface area (Å²) in [6.45, 7) is 4.17. The van der Waals surface area contributed by atoms with Gasteiger partial charge in [0.15, 0.2) is 0 Å². The minimum Gasteiger partial charge on any atom is -0.392 e. The molecule has 3 N–H and O–H groups in total. The van der Waals surface area contributed by atoms with Crippen LogP contribution in [0.2, 0.25) is 0 Å². The van der Waals surface area contributed by atoms with Gasteiger partial charge in [-0.3, -0.25) is 9.36 Å². The minimum absolute atomic E-state index is 0.0477. The number of amides is 1. The van der Waals surface area contributed by atoms with Gasteiger partial charge in [-0.05, 0) is 17.0 Å². The van der Waals surface area contributed by atoms with Gasteiger partial charge < -0.3 is 20.3 Å². The minimum atomic E-state index is -0.281. The zero-order valence-corrected chi connectivity index (χ0v) is 14.5. The summed E-state index contributed by atoms with van der Waals surface area (Å²) in [5.41, 5.74) is 2.14. The van der Waals surface area contributed by atoms with Crippen molar-refractivity contribution in [2.45, 2.75) is 26.1 Å². The van der Waals surface area contributed by atoms with Crippen molar-refractivity contribution >= 4 is 5.91 Å². The quantitative estimate of drug-likeness (QED) is 0.735. The molecule has 7 heteroatoms. The maximum absolute atomic E-state index is 12.6. The van der Waals surface area contributed by atoms with Crippen molar-refractivity contribution in [3.05, 3.63) is 57.8 Å². The van der Waals surface area contributed by atoms with Gasteiger partial charge in [0.25, 0.3) is 5.91 Å². The maximum Gasteiger partial charge on any atom is 0.325 e. The Morgan fingerprint density at radius 2 is 1.96 bits per heavy atom. The molecule has 7 nitrogen and oxygen atoms in total. The van der Waals surface area contributed by atoms with Crippen LogP contribution >= 0.6 is 0 Å². The average Bonchev–Trinajstić information content (AvgIpc) is 3.16. The first-order valence-corrected chi connectivity index (χ1v) is 8.45. The van der Waals surface area contributed by atoms with Crippen LogP contribution in [0.4, 0.5) is 0 Å². The number of benzene rings is 1. The van der Waals surface area contributed by atoms with Crippen LogP contribution in [0.1, 0.15) is 28.5 Å². The van der Waals surface area contributed by atoms with E-state index in [1.54, 1.807) is 11.9 Å². The largest absolute Gasteiger partial charge is 0.392 e. The standard InChI is InChI=1S/C18H24N4O3/c1-12-9-22(17(24)16-8-20-18(25)21(16)2)10-15(12)19-7-13-3-5-14(11-23)6-4-13/h3-6,8,12,15,19,23H,7,9-11H2,1-2H3,(H,20,25). The van der Waals surface area contributed by atoms with E-state index >= 15 is 0 Å². The summed E-state index contributed by atoms with van der Waals surface area (Å²) in [7, 11) is 1.59. The molecular formula is C18H24N4O3. The van der Waals surface area contributed by atoms with Crippen molar-refractivity contribution in [2.24, 2.45) is 13.0 Å². The van der Waals surface area contributed by atoms with E-state index < -0.39 is 0 Å². The van der Waals surface area contributed by atoms with Gasteiger partial charge in [0.1, 0.15) is 5.69 Å². The van der Waals surface area contributed by atoms with Crippen LogP contribution in [-0.4, -0.2) is 44.6 Å². The van der Waals surface area contributed by atoms with Crippen LogP contribution in [-0.2, 0) is 20.2 Å². The van der Waals surface area contributed by atoms with Gasteiger partial charge in [0.05, 0.1) is 6.61 Å². The molecule has 3 rings (SSSR count). The lowest BCUT2D eigenvalue weighted by molar-refractivity contribution is 0.0776. The summed E-state index contributed by atoms with van der Waals surface area (Å²) >= 11 is 0. The fourth-order valence-corrected chi connectivity index (χ4v) is 3.21.